The summed E-state index contributed by atoms with van der Waals surface area (Å²) in [5.74, 6) is 2.08. The highest BCUT2D eigenvalue weighted by Crippen LogP contribution is 2.35. The standard InChI is InChI=1S/C29H32N2O5/c1-22-11-14-25(15-12-22)34-18-6-5-17-31-26-20-23(13-16-27(26)36-21-29(31)33)30-28(32)10-7-19-35-24-8-3-2-4-9-24/h2-4,8-9,11-16,20H,5-7,10,17-19,21H2,1H3,(H,30,32). The molecule has 0 saturated heterocycles. The van der Waals surface area contributed by atoms with E-state index in [-0.39, 0.29) is 18.4 Å². The van der Waals surface area contributed by atoms with Crippen molar-refractivity contribution in [3.8, 4) is 17.2 Å². The van der Waals surface area contributed by atoms with Gasteiger partial charge in [-0.15, -0.1) is 0 Å². The summed E-state index contributed by atoms with van der Waals surface area (Å²) in [5.41, 5.74) is 2.50. The molecular formula is C29H32N2O5. The molecule has 0 saturated carbocycles. The van der Waals surface area contributed by atoms with Gasteiger partial charge in [0.1, 0.15) is 17.2 Å². The minimum atomic E-state index is -0.102. The van der Waals surface area contributed by atoms with Crippen LogP contribution in [0.25, 0.3) is 0 Å². The fraction of sp³-hybridized carbons (Fsp3) is 0.310. The second-order valence-corrected chi connectivity index (χ2v) is 8.70. The number of fused-ring (bicyclic) bond motifs is 1. The monoisotopic (exact) mass is 488 g/mol. The van der Waals surface area contributed by atoms with Crippen LogP contribution in [-0.2, 0) is 9.59 Å². The average molecular weight is 489 g/mol. The highest BCUT2D eigenvalue weighted by molar-refractivity contribution is 5.99. The number of ether oxygens (including phenoxy) is 3. The van der Waals surface area contributed by atoms with Crippen molar-refractivity contribution in [2.24, 2.45) is 0 Å². The smallest absolute Gasteiger partial charge is 0.265 e. The molecule has 1 heterocycles. The zero-order valence-electron chi connectivity index (χ0n) is 20.6. The van der Waals surface area contributed by atoms with Gasteiger partial charge in [0, 0.05) is 18.7 Å². The lowest BCUT2D eigenvalue weighted by molar-refractivity contribution is -0.121. The third-order valence-corrected chi connectivity index (χ3v) is 5.81. The van der Waals surface area contributed by atoms with Gasteiger partial charge in [0.2, 0.25) is 5.91 Å². The van der Waals surface area contributed by atoms with Gasteiger partial charge in [0.05, 0.1) is 18.9 Å². The van der Waals surface area contributed by atoms with E-state index in [1.165, 1.54) is 5.56 Å². The molecule has 0 radical (unpaired) electrons. The van der Waals surface area contributed by atoms with Gasteiger partial charge in [-0.3, -0.25) is 9.59 Å². The van der Waals surface area contributed by atoms with E-state index >= 15 is 0 Å². The third-order valence-electron chi connectivity index (χ3n) is 5.81. The molecule has 36 heavy (non-hydrogen) atoms. The zero-order valence-corrected chi connectivity index (χ0v) is 20.6. The maximum absolute atomic E-state index is 12.6. The highest BCUT2D eigenvalue weighted by Gasteiger charge is 2.25. The first-order valence-corrected chi connectivity index (χ1v) is 12.3. The molecule has 0 spiro atoms. The third kappa shape index (κ3) is 7.25. The molecule has 3 aromatic rings. The van der Waals surface area contributed by atoms with Crippen LogP contribution in [0.5, 0.6) is 17.2 Å². The Morgan fingerprint density at radius 2 is 1.64 bits per heavy atom. The Bertz CT molecular complexity index is 1150. The van der Waals surface area contributed by atoms with Gasteiger partial charge in [-0.05, 0) is 68.7 Å². The topological polar surface area (TPSA) is 77.1 Å². The number of carbonyl (C=O) groups is 2. The fourth-order valence-electron chi connectivity index (χ4n) is 3.88. The van der Waals surface area contributed by atoms with Crippen molar-refractivity contribution in [2.45, 2.75) is 32.6 Å². The van der Waals surface area contributed by atoms with Crippen LogP contribution in [0.15, 0.2) is 72.8 Å². The first-order valence-electron chi connectivity index (χ1n) is 12.3. The lowest BCUT2D eigenvalue weighted by Gasteiger charge is -2.30. The van der Waals surface area contributed by atoms with E-state index in [2.05, 4.69) is 5.32 Å². The number of benzene rings is 3. The number of carbonyl (C=O) groups excluding carboxylic acids is 2. The number of anilines is 2. The van der Waals surface area contributed by atoms with E-state index in [1.807, 2.05) is 61.5 Å². The normalized spacial score (nSPS) is 12.5. The van der Waals surface area contributed by atoms with Crippen molar-refractivity contribution >= 4 is 23.2 Å². The molecule has 7 heteroatoms. The van der Waals surface area contributed by atoms with Crippen molar-refractivity contribution in [3.63, 3.8) is 0 Å². The molecule has 0 atom stereocenters. The SMILES string of the molecule is Cc1ccc(OCCCCN2C(=O)COc3ccc(NC(=O)CCCOc4ccccc4)cc32)cc1. The Hall–Kier alpha value is -4.00. The van der Waals surface area contributed by atoms with Gasteiger partial charge < -0.3 is 24.4 Å². The van der Waals surface area contributed by atoms with Crippen molar-refractivity contribution in [1.82, 2.24) is 0 Å². The van der Waals surface area contributed by atoms with Gasteiger partial charge in [-0.1, -0.05) is 35.9 Å². The number of nitrogens with one attached hydrogen (secondary N) is 1. The summed E-state index contributed by atoms with van der Waals surface area (Å²) in [4.78, 5) is 26.7. The first kappa shape index (κ1) is 25.1. The quantitative estimate of drug-likeness (QED) is 0.347. The van der Waals surface area contributed by atoms with Gasteiger partial charge >= 0.3 is 0 Å². The molecule has 0 aromatic heterocycles. The number of amides is 2. The second-order valence-electron chi connectivity index (χ2n) is 8.70. The summed E-state index contributed by atoms with van der Waals surface area (Å²) >= 11 is 0. The molecule has 0 bridgehead atoms. The number of hydrogen-bond donors (Lipinski definition) is 1. The summed E-state index contributed by atoms with van der Waals surface area (Å²) in [5, 5.41) is 2.92. The molecule has 3 aromatic carbocycles. The highest BCUT2D eigenvalue weighted by atomic mass is 16.5. The van der Waals surface area contributed by atoms with Crippen molar-refractivity contribution in [3.05, 3.63) is 78.4 Å². The first-order chi connectivity index (χ1) is 17.6. The summed E-state index contributed by atoms with van der Waals surface area (Å²) < 4.78 is 17.0. The Balaban J connectivity index is 1.24. The van der Waals surface area contributed by atoms with E-state index in [1.54, 1.807) is 23.1 Å². The van der Waals surface area contributed by atoms with Crippen LogP contribution >= 0.6 is 0 Å². The number of unbranched alkanes of at least 4 members (excludes halogenated alkanes) is 1. The number of aryl methyl sites for hydroxylation is 1. The van der Waals surface area contributed by atoms with Crippen LogP contribution in [0.1, 0.15) is 31.2 Å². The van der Waals surface area contributed by atoms with Gasteiger partial charge in [0.25, 0.3) is 5.91 Å². The minimum absolute atomic E-state index is 0.0139. The molecule has 188 valence electrons. The molecule has 7 nitrogen and oxygen atoms in total. The number of nitrogens with zero attached hydrogens (tertiary/aromatic N) is 1. The van der Waals surface area contributed by atoms with E-state index in [9.17, 15) is 9.59 Å². The average Bonchev–Trinajstić information content (AvgIpc) is 2.89. The molecule has 0 fully saturated rings. The molecular weight excluding hydrogens is 456 g/mol. The van der Waals surface area contributed by atoms with E-state index in [0.717, 1.165) is 24.3 Å². The lowest BCUT2D eigenvalue weighted by Crippen LogP contribution is -2.39. The molecule has 1 aliphatic rings. The van der Waals surface area contributed by atoms with Crippen LogP contribution in [0.4, 0.5) is 11.4 Å². The summed E-state index contributed by atoms with van der Waals surface area (Å²) in [6.45, 7) is 3.66. The lowest BCUT2D eigenvalue weighted by atomic mass is 10.2. The Morgan fingerprint density at radius 1 is 0.917 bits per heavy atom. The van der Waals surface area contributed by atoms with E-state index < -0.39 is 0 Å². The van der Waals surface area contributed by atoms with Gasteiger partial charge in [-0.25, -0.2) is 0 Å². The van der Waals surface area contributed by atoms with Crippen LogP contribution in [0.2, 0.25) is 0 Å². The predicted molar refractivity (Wildman–Crippen MR) is 140 cm³/mol. The van der Waals surface area contributed by atoms with Crippen LogP contribution in [-0.4, -0.2) is 38.2 Å². The zero-order chi connectivity index (χ0) is 25.2. The maximum Gasteiger partial charge on any atom is 0.265 e. The largest absolute Gasteiger partial charge is 0.494 e. The molecule has 0 unspecified atom stereocenters. The van der Waals surface area contributed by atoms with Crippen LogP contribution in [0, 0.1) is 6.92 Å². The maximum atomic E-state index is 12.6. The van der Waals surface area contributed by atoms with E-state index in [4.69, 9.17) is 14.2 Å². The Labute approximate surface area is 212 Å². The Kier molecular flexibility index (Phi) is 8.81. The molecule has 4 rings (SSSR count). The molecule has 1 aliphatic heterocycles. The van der Waals surface area contributed by atoms with Crippen molar-refractivity contribution in [2.75, 3.05) is 36.6 Å². The fourth-order valence-corrected chi connectivity index (χ4v) is 3.88. The summed E-state index contributed by atoms with van der Waals surface area (Å²) in [6, 6.07) is 22.9. The number of para-hydroxylation sites is 1. The predicted octanol–water partition coefficient (Wildman–Crippen LogP) is 5.38. The molecule has 1 N–H and O–H groups in total. The van der Waals surface area contributed by atoms with Gasteiger partial charge in [-0.2, -0.15) is 0 Å². The van der Waals surface area contributed by atoms with Crippen molar-refractivity contribution < 1.29 is 23.8 Å². The van der Waals surface area contributed by atoms with Crippen LogP contribution < -0.4 is 24.4 Å². The van der Waals surface area contributed by atoms with Crippen LogP contribution in [0.3, 0.4) is 0 Å². The number of hydrogen-bond acceptors (Lipinski definition) is 5. The molecule has 0 aliphatic carbocycles. The van der Waals surface area contributed by atoms with Crippen molar-refractivity contribution in [1.29, 1.82) is 0 Å². The Morgan fingerprint density at radius 3 is 2.42 bits per heavy atom. The summed E-state index contributed by atoms with van der Waals surface area (Å²) in [6.07, 6.45) is 2.54. The van der Waals surface area contributed by atoms with Gasteiger partial charge in [0.15, 0.2) is 6.61 Å². The summed E-state index contributed by atoms with van der Waals surface area (Å²) in [7, 11) is 0. The second kappa shape index (κ2) is 12.6. The molecule has 2 amide bonds. The van der Waals surface area contributed by atoms with E-state index in [0.29, 0.717) is 49.7 Å². The minimum Gasteiger partial charge on any atom is -0.494 e. The number of rotatable bonds is 12.